The molecule has 0 saturated carbocycles. The highest BCUT2D eigenvalue weighted by molar-refractivity contribution is 6.34. The van der Waals surface area contributed by atoms with Crippen molar-refractivity contribution in [2.24, 2.45) is 0 Å². The summed E-state index contributed by atoms with van der Waals surface area (Å²) in [5.74, 6) is -1.06. The third-order valence-corrected chi connectivity index (χ3v) is 6.04. The molecule has 1 amide bonds. The van der Waals surface area contributed by atoms with Gasteiger partial charge in [-0.1, -0.05) is 43.5 Å². The fourth-order valence-electron chi connectivity index (χ4n) is 3.61. The molecule has 0 saturated heterocycles. The van der Waals surface area contributed by atoms with Crippen molar-refractivity contribution in [1.82, 2.24) is 14.7 Å². The van der Waals surface area contributed by atoms with Gasteiger partial charge >= 0.3 is 0 Å². The summed E-state index contributed by atoms with van der Waals surface area (Å²) in [6, 6.07) is 10.1. The quantitative estimate of drug-likeness (QED) is 0.228. The maximum Gasteiger partial charge on any atom is 0.282 e. The van der Waals surface area contributed by atoms with Crippen molar-refractivity contribution in [2.75, 3.05) is 13.1 Å². The van der Waals surface area contributed by atoms with Crippen LogP contribution < -0.4 is 5.56 Å². The molecule has 0 aliphatic carbocycles. The van der Waals surface area contributed by atoms with E-state index in [9.17, 15) is 24.5 Å². The SMILES string of the molecule is CCCCN(CC(=O)c1c(CC)[nH]n(-c2ccc(Cl)cc2)c1=O)C(=O)c1ccc([N+](=O)[O-])cc1Cl. The van der Waals surface area contributed by atoms with E-state index in [2.05, 4.69) is 5.10 Å². The van der Waals surface area contributed by atoms with Crippen LogP contribution in [-0.2, 0) is 6.42 Å². The topological polar surface area (TPSA) is 118 Å². The smallest absolute Gasteiger partial charge is 0.282 e. The molecule has 184 valence electrons. The maximum atomic E-state index is 13.3. The molecule has 0 aliphatic rings. The molecule has 0 fully saturated rings. The number of nitrogens with zero attached hydrogens (tertiary/aromatic N) is 3. The minimum absolute atomic E-state index is 0.0217. The number of carbonyl (C=O) groups is 2. The number of ketones is 1. The highest BCUT2D eigenvalue weighted by atomic mass is 35.5. The van der Waals surface area contributed by atoms with E-state index < -0.39 is 22.2 Å². The van der Waals surface area contributed by atoms with Crippen molar-refractivity contribution in [3.63, 3.8) is 0 Å². The number of unbranched alkanes of at least 4 members (excludes halogenated alkanes) is 1. The zero-order chi connectivity index (χ0) is 25.7. The number of nitro groups is 1. The van der Waals surface area contributed by atoms with Gasteiger partial charge in [0, 0.05) is 29.4 Å². The van der Waals surface area contributed by atoms with E-state index in [1.807, 2.05) is 13.8 Å². The van der Waals surface area contributed by atoms with E-state index in [0.717, 1.165) is 12.5 Å². The lowest BCUT2D eigenvalue weighted by molar-refractivity contribution is -0.384. The van der Waals surface area contributed by atoms with Gasteiger partial charge in [-0.25, -0.2) is 4.68 Å². The lowest BCUT2D eigenvalue weighted by Gasteiger charge is -2.22. The molecule has 0 spiro atoms. The predicted octanol–water partition coefficient (Wildman–Crippen LogP) is 5.07. The number of aromatic amines is 1. The molecule has 9 nitrogen and oxygen atoms in total. The second kappa shape index (κ2) is 11.3. The number of aromatic nitrogens is 2. The number of nitro benzene ring substituents is 1. The van der Waals surface area contributed by atoms with Gasteiger partial charge in [-0.05, 0) is 43.2 Å². The van der Waals surface area contributed by atoms with Gasteiger partial charge < -0.3 is 4.90 Å². The van der Waals surface area contributed by atoms with Gasteiger partial charge in [-0.15, -0.1) is 0 Å². The molecule has 3 rings (SSSR count). The molecule has 0 unspecified atom stereocenters. The number of H-pyrrole nitrogens is 1. The minimum Gasteiger partial charge on any atom is -0.331 e. The number of aryl methyl sites for hydroxylation is 1. The standard InChI is InChI=1S/C24H24Cl2N4O5/c1-3-5-12-28(23(32)18-11-10-17(30(34)35)13-19(18)26)14-21(31)22-20(4-2)27-29(24(22)33)16-8-6-15(25)7-9-16/h6-11,13,27H,3-5,12,14H2,1-2H3. The Morgan fingerprint density at radius 3 is 2.37 bits per heavy atom. The first-order valence-electron chi connectivity index (χ1n) is 11.0. The number of amides is 1. The summed E-state index contributed by atoms with van der Waals surface area (Å²) in [5, 5.41) is 14.4. The van der Waals surface area contributed by atoms with Crippen LogP contribution in [0.25, 0.3) is 5.69 Å². The number of hydrogen-bond acceptors (Lipinski definition) is 5. The average Bonchev–Trinajstić information content (AvgIpc) is 3.17. The number of rotatable bonds is 10. The Morgan fingerprint density at radius 2 is 1.80 bits per heavy atom. The second-order valence-corrected chi connectivity index (χ2v) is 8.70. The van der Waals surface area contributed by atoms with Crippen LogP contribution in [0.3, 0.4) is 0 Å². The maximum absolute atomic E-state index is 13.3. The highest BCUT2D eigenvalue weighted by Gasteiger charge is 2.27. The third-order valence-electron chi connectivity index (χ3n) is 5.48. The van der Waals surface area contributed by atoms with Crippen LogP contribution >= 0.6 is 23.2 Å². The molecule has 0 atom stereocenters. The van der Waals surface area contributed by atoms with Gasteiger partial charge in [0.25, 0.3) is 17.2 Å². The minimum atomic E-state index is -0.609. The Kier molecular flexibility index (Phi) is 8.48. The van der Waals surface area contributed by atoms with Gasteiger partial charge in [0.1, 0.15) is 5.56 Å². The van der Waals surface area contributed by atoms with E-state index in [1.165, 1.54) is 21.7 Å². The Morgan fingerprint density at radius 1 is 1.11 bits per heavy atom. The molecule has 2 aromatic carbocycles. The monoisotopic (exact) mass is 518 g/mol. The van der Waals surface area contributed by atoms with E-state index in [4.69, 9.17) is 23.2 Å². The zero-order valence-electron chi connectivity index (χ0n) is 19.2. The number of Topliss-reactive ketones (excluding diaryl/α,β-unsaturated/α-hetero) is 1. The fourth-order valence-corrected chi connectivity index (χ4v) is 3.99. The Balaban J connectivity index is 1.94. The molecule has 0 radical (unpaired) electrons. The van der Waals surface area contributed by atoms with Gasteiger partial charge in [0.2, 0.25) is 0 Å². The number of hydrogen-bond donors (Lipinski definition) is 1. The number of nitrogens with one attached hydrogen (secondary N) is 1. The normalized spacial score (nSPS) is 10.9. The highest BCUT2D eigenvalue weighted by Crippen LogP contribution is 2.24. The first kappa shape index (κ1) is 26.2. The van der Waals surface area contributed by atoms with Crippen LogP contribution in [0.4, 0.5) is 5.69 Å². The van der Waals surface area contributed by atoms with Crippen LogP contribution in [0.2, 0.25) is 10.0 Å². The van der Waals surface area contributed by atoms with Crippen molar-refractivity contribution < 1.29 is 14.5 Å². The Labute approximate surface area is 211 Å². The van der Waals surface area contributed by atoms with Crippen molar-refractivity contribution in [3.05, 3.63) is 89.8 Å². The fraction of sp³-hybridized carbons (Fsp3) is 0.292. The molecule has 35 heavy (non-hydrogen) atoms. The lowest BCUT2D eigenvalue weighted by atomic mass is 10.1. The second-order valence-electron chi connectivity index (χ2n) is 7.86. The van der Waals surface area contributed by atoms with Crippen LogP contribution in [0.15, 0.2) is 47.3 Å². The van der Waals surface area contributed by atoms with E-state index in [1.54, 1.807) is 24.3 Å². The summed E-state index contributed by atoms with van der Waals surface area (Å²) in [7, 11) is 0. The summed E-state index contributed by atoms with van der Waals surface area (Å²) >= 11 is 12.1. The van der Waals surface area contributed by atoms with Crippen molar-refractivity contribution in [2.45, 2.75) is 33.1 Å². The number of halogens is 2. The Bertz CT molecular complexity index is 1310. The lowest BCUT2D eigenvalue weighted by Crippen LogP contribution is -2.38. The summed E-state index contributed by atoms with van der Waals surface area (Å²) in [4.78, 5) is 51.4. The molecule has 1 heterocycles. The van der Waals surface area contributed by atoms with Crippen molar-refractivity contribution in [1.29, 1.82) is 0 Å². The number of carbonyl (C=O) groups excluding carboxylic acids is 2. The molecule has 1 aromatic heterocycles. The van der Waals surface area contributed by atoms with Gasteiger partial charge in [0.05, 0.1) is 27.7 Å². The molecule has 1 N–H and O–H groups in total. The molecule has 3 aromatic rings. The van der Waals surface area contributed by atoms with Crippen LogP contribution in [-0.4, -0.2) is 44.4 Å². The van der Waals surface area contributed by atoms with Gasteiger partial charge in [0.15, 0.2) is 5.78 Å². The summed E-state index contributed by atoms with van der Waals surface area (Å²) in [6.45, 7) is 3.67. The van der Waals surface area contributed by atoms with Crippen LogP contribution in [0.1, 0.15) is 53.1 Å². The molecule has 0 aliphatic heterocycles. The molecule has 0 bridgehead atoms. The first-order chi connectivity index (χ1) is 16.7. The Hall–Kier alpha value is -3.43. The van der Waals surface area contributed by atoms with Crippen molar-refractivity contribution in [3.8, 4) is 5.69 Å². The van der Waals surface area contributed by atoms with Crippen LogP contribution in [0, 0.1) is 10.1 Å². The van der Waals surface area contributed by atoms with Crippen LogP contribution in [0.5, 0.6) is 0 Å². The first-order valence-corrected chi connectivity index (χ1v) is 11.8. The predicted molar refractivity (Wildman–Crippen MR) is 134 cm³/mol. The van der Waals surface area contributed by atoms with Gasteiger partial charge in [-0.2, -0.15) is 0 Å². The average molecular weight is 519 g/mol. The number of non-ortho nitro benzene ring substituents is 1. The van der Waals surface area contributed by atoms with E-state index in [-0.39, 0.29) is 34.9 Å². The zero-order valence-corrected chi connectivity index (χ0v) is 20.7. The summed E-state index contributed by atoms with van der Waals surface area (Å²) in [5.41, 5.74) is 0.225. The summed E-state index contributed by atoms with van der Waals surface area (Å²) < 4.78 is 1.27. The molecule has 11 heteroatoms. The largest absolute Gasteiger partial charge is 0.331 e. The summed E-state index contributed by atoms with van der Waals surface area (Å²) in [6.07, 6.45) is 1.78. The van der Waals surface area contributed by atoms with E-state index in [0.29, 0.717) is 29.2 Å². The van der Waals surface area contributed by atoms with Gasteiger partial charge in [-0.3, -0.25) is 29.6 Å². The molecular weight excluding hydrogens is 495 g/mol. The van der Waals surface area contributed by atoms with E-state index >= 15 is 0 Å². The number of benzene rings is 2. The third kappa shape index (κ3) is 5.80. The van der Waals surface area contributed by atoms with Crippen molar-refractivity contribution >= 4 is 40.6 Å². The molecular formula is C24H24Cl2N4O5.